The number of ether oxygens (including phenoxy) is 2. The molecule has 0 bridgehead atoms. The number of methoxy groups -OCH3 is 1. The van der Waals surface area contributed by atoms with E-state index in [9.17, 15) is 4.79 Å². The Kier molecular flexibility index (Phi) is 2.22. The monoisotopic (exact) mass is 234 g/mol. The average molecular weight is 234 g/mol. The summed E-state index contributed by atoms with van der Waals surface area (Å²) in [6.45, 7) is 1.02. The van der Waals surface area contributed by atoms with Crippen LogP contribution in [0.15, 0.2) is 18.2 Å². The van der Waals surface area contributed by atoms with Gasteiger partial charge in [-0.3, -0.25) is 4.79 Å². The fraction of sp³-hybridized carbons (Fsp3) is 0.417. The van der Waals surface area contributed by atoms with E-state index in [0.29, 0.717) is 31.1 Å². The van der Waals surface area contributed by atoms with Gasteiger partial charge in [0.05, 0.1) is 19.4 Å². The first-order valence-electron chi connectivity index (χ1n) is 5.59. The number of amides is 1. The van der Waals surface area contributed by atoms with Crippen LogP contribution in [0.2, 0.25) is 0 Å². The maximum Gasteiger partial charge on any atom is 0.252 e. The van der Waals surface area contributed by atoms with Crippen LogP contribution in [-0.4, -0.2) is 31.8 Å². The SMILES string of the molecule is COc1cccc2c1NC(=O)C1(CCOC1)N2. The van der Waals surface area contributed by atoms with Crippen molar-refractivity contribution in [3.63, 3.8) is 0 Å². The zero-order valence-corrected chi connectivity index (χ0v) is 9.58. The Hall–Kier alpha value is -1.75. The summed E-state index contributed by atoms with van der Waals surface area (Å²) >= 11 is 0. The molecule has 90 valence electrons. The molecule has 1 fully saturated rings. The van der Waals surface area contributed by atoms with Gasteiger partial charge < -0.3 is 20.1 Å². The molecule has 1 spiro atoms. The summed E-state index contributed by atoms with van der Waals surface area (Å²) in [4.78, 5) is 12.1. The zero-order valence-electron chi connectivity index (χ0n) is 9.58. The first-order chi connectivity index (χ1) is 8.25. The molecular weight excluding hydrogens is 220 g/mol. The largest absolute Gasteiger partial charge is 0.494 e. The Morgan fingerprint density at radius 3 is 3.06 bits per heavy atom. The molecule has 1 unspecified atom stereocenters. The van der Waals surface area contributed by atoms with Crippen LogP contribution in [0.25, 0.3) is 0 Å². The molecule has 1 amide bonds. The number of fused-ring (bicyclic) bond motifs is 1. The molecule has 5 nitrogen and oxygen atoms in total. The van der Waals surface area contributed by atoms with Crippen LogP contribution in [-0.2, 0) is 9.53 Å². The van der Waals surface area contributed by atoms with E-state index in [4.69, 9.17) is 9.47 Å². The second kappa shape index (κ2) is 3.63. The number of carbonyl (C=O) groups is 1. The second-order valence-corrected chi connectivity index (χ2v) is 4.35. The summed E-state index contributed by atoms with van der Waals surface area (Å²) in [5.74, 6) is 0.615. The topological polar surface area (TPSA) is 59.6 Å². The van der Waals surface area contributed by atoms with Crippen molar-refractivity contribution in [2.45, 2.75) is 12.0 Å². The Morgan fingerprint density at radius 2 is 2.35 bits per heavy atom. The summed E-state index contributed by atoms with van der Waals surface area (Å²) in [5.41, 5.74) is 0.978. The molecule has 0 aromatic heterocycles. The lowest BCUT2D eigenvalue weighted by Gasteiger charge is -2.34. The van der Waals surface area contributed by atoms with E-state index in [1.165, 1.54) is 0 Å². The first kappa shape index (κ1) is 10.4. The van der Waals surface area contributed by atoms with Crippen molar-refractivity contribution in [3.8, 4) is 5.75 Å². The molecule has 1 atom stereocenters. The molecule has 5 heteroatoms. The van der Waals surface area contributed by atoms with E-state index in [1.54, 1.807) is 7.11 Å². The van der Waals surface area contributed by atoms with Gasteiger partial charge in [-0.2, -0.15) is 0 Å². The van der Waals surface area contributed by atoms with E-state index >= 15 is 0 Å². The summed E-state index contributed by atoms with van der Waals surface area (Å²) in [5, 5.41) is 6.19. The molecule has 1 aromatic carbocycles. The van der Waals surface area contributed by atoms with Crippen LogP contribution in [0.5, 0.6) is 5.75 Å². The van der Waals surface area contributed by atoms with Crippen molar-refractivity contribution in [1.29, 1.82) is 0 Å². The third kappa shape index (κ3) is 1.46. The van der Waals surface area contributed by atoms with Gasteiger partial charge in [0.1, 0.15) is 17.0 Å². The van der Waals surface area contributed by atoms with Crippen molar-refractivity contribution in [2.75, 3.05) is 31.0 Å². The standard InChI is InChI=1S/C12H14N2O3/c1-16-9-4-2-3-8-10(9)13-11(15)12(14-8)5-6-17-7-12/h2-4,14H,5-7H2,1H3,(H,13,15). The second-order valence-electron chi connectivity index (χ2n) is 4.35. The van der Waals surface area contributed by atoms with Crippen molar-refractivity contribution >= 4 is 17.3 Å². The van der Waals surface area contributed by atoms with Crippen LogP contribution in [0.4, 0.5) is 11.4 Å². The van der Waals surface area contributed by atoms with E-state index in [2.05, 4.69) is 10.6 Å². The number of nitrogens with one attached hydrogen (secondary N) is 2. The highest BCUT2D eigenvalue weighted by Crippen LogP contribution is 2.40. The number of hydrogen-bond acceptors (Lipinski definition) is 4. The number of carbonyl (C=O) groups excluding carboxylic acids is 1. The van der Waals surface area contributed by atoms with E-state index < -0.39 is 5.54 Å². The van der Waals surface area contributed by atoms with Gasteiger partial charge in [-0.05, 0) is 12.1 Å². The lowest BCUT2D eigenvalue weighted by molar-refractivity contribution is -0.120. The van der Waals surface area contributed by atoms with Gasteiger partial charge in [-0.15, -0.1) is 0 Å². The van der Waals surface area contributed by atoms with E-state index in [1.807, 2.05) is 18.2 Å². The van der Waals surface area contributed by atoms with E-state index in [-0.39, 0.29) is 5.91 Å². The van der Waals surface area contributed by atoms with Gasteiger partial charge in [-0.25, -0.2) is 0 Å². The number of rotatable bonds is 1. The normalized spacial score (nSPS) is 26.3. The Balaban J connectivity index is 2.03. The molecule has 2 heterocycles. The van der Waals surface area contributed by atoms with Crippen LogP contribution in [0.3, 0.4) is 0 Å². The molecule has 1 aromatic rings. The summed E-state index contributed by atoms with van der Waals surface area (Å²) in [6.07, 6.45) is 0.690. The number of anilines is 2. The third-order valence-electron chi connectivity index (χ3n) is 3.31. The first-order valence-corrected chi connectivity index (χ1v) is 5.59. The predicted octanol–water partition coefficient (Wildman–Crippen LogP) is 1.22. The van der Waals surface area contributed by atoms with Gasteiger partial charge in [0.2, 0.25) is 0 Å². The van der Waals surface area contributed by atoms with Crippen molar-refractivity contribution in [1.82, 2.24) is 0 Å². The van der Waals surface area contributed by atoms with Gasteiger partial charge in [-0.1, -0.05) is 6.07 Å². The number of benzene rings is 1. The quantitative estimate of drug-likeness (QED) is 0.767. The highest BCUT2D eigenvalue weighted by Gasteiger charge is 2.45. The van der Waals surface area contributed by atoms with Crippen LogP contribution in [0, 0.1) is 0 Å². The molecule has 2 aliphatic heterocycles. The predicted molar refractivity (Wildman–Crippen MR) is 63.4 cm³/mol. The van der Waals surface area contributed by atoms with E-state index in [0.717, 1.165) is 5.69 Å². The summed E-state index contributed by atoms with van der Waals surface area (Å²) in [6, 6.07) is 5.65. The third-order valence-corrected chi connectivity index (χ3v) is 3.31. The van der Waals surface area contributed by atoms with Crippen molar-refractivity contribution < 1.29 is 14.3 Å². The fourth-order valence-electron chi connectivity index (χ4n) is 2.32. The van der Waals surface area contributed by atoms with Gasteiger partial charge in [0.15, 0.2) is 0 Å². The Labute approximate surface area is 99.1 Å². The molecule has 0 saturated carbocycles. The Bertz CT molecular complexity index is 467. The van der Waals surface area contributed by atoms with Crippen molar-refractivity contribution in [2.24, 2.45) is 0 Å². The van der Waals surface area contributed by atoms with Crippen LogP contribution >= 0.6 is 0 Å². The average Bonchev–Trinajstić information content (AvgIpc) is 2.80. The fourth-order valence-corrected chi connectivity index (χ4v) is 2.32. The maximum absolute atomic E-state index is 12.1. The Morgan fingerprint density at radius 1 is 1.47 bits per heavy atom. The number of hydrogen-bond donors (Lipinski definition) is 2. The molecule has 3 rings (SSSR count). The maximum atomic E-state index is 12.1. The van der Waals surface area contributed by atoms with Gasteiger partial charge in [0.25, 0.3) is 5.91 Å². The zero-order chi connectivity index (χ0) is 11.9. The molecule has 1 saturated heterocycles. The van der Waals surface area contributed by atoms with Crippen molar-refractivity contribution in [3.05, 3.63) is 18.2 Å². The minimum atomic E-state index is -0.612. The summed E-state index contributed by atoms with van der Waals surface area (Å²) in [7, 11) is 1.59. The van der Waals surface area contributed by atoms with Gasteiger partial charge >= 0.3 is 0 Å². The highest BCUT2D eigenvalue weighted by molar-refractivity contribution is 6.07. The molecule has 2 N–H and O–H groups in total. The summed E-state index contributed by atoms with van der Waals surface area (Å²) < 4.78 is 10.6. The number of para-hydroxylation sites is 1. The van der Waals surface area contributed by atoms with Crippen LogP contribution < -0.4 is 15.4 Å². The lowest BCUT2D eigenvalue weighted by Crippen LogP contribution is -2.53. The highest BCUT2D eigenvalue weighted by atomic mass is 16.5. The van der Waals surface area contributed by atoms with Gasteiger partial charge in [0, 0.05) is 13.0 Å². The minimum absolute atomic E-state index is 0.0491. The lowest BCUT2D eigenvalue weighted by atomic mass is 9.94. The molecule has 2 aliphatic rings. The molecule has 0 aliphatic carbocycles. The molecule has 17 heavy (non-hydrogen) atoms. The van der Waals surface area contributed by atoms with Crippen LogP contribution in [0.1, 0.15) is 6.42 Å². The minimum Gasteiger partial charge on any atom is -0.494 e. The molecule has 0 radical (unpaired) electrons. The smallest absolute Gasteiger partial charge is 0.252 e. The molecular formula is C12H14N2O3.